The number of rotatable bonds is 8. The number of amides is 1. The molecule has 0 heterocycles. The van der Waals surface area contributed by atoms with Crippen LogP contribution in [0, 0.1) is 5.92 Å². The number of hydrogen-bond acceptors (Lipinski definition) is 3. The number of hydrogen-bond donors (Lipinski definition) is 3. The molecule has 0 aromatic heterocycles. The monoisotopic (exact) mass is 215 g/mol. The normalized spacial score (nSPS) is 14.7. The summed E-state index contributed by atoms with van der Waals surface area (Å²) in [5.74, 6) is 0.205. The van der Waals surface area contributed by atoms with Gasteiger partial charge >= 0.3 is 0 Å². The van der Waals surface area contributed by atoms with Crippen molar-refractivity contribution in [3.8, 4) is 0 Å². The molecule has 4 N–H and O–H groups in total. The first-order valence-corrected chi connectivity index (χ1v) is 5.87. The van der Waals surface area contributed by atoms with E-state index < -0.39 is 0 Å². The summed E-state index contributed by atoms with van der Waals surface area (Å²) in [6.45, 7) is 8.62. The Labute approximate surface area is 93.0 Å². The first kappa shape index (κ1) is 14.4. The highest BCUT2D eigenvalue weighted by Crippen LogP contribution is 2.04. The zero-order valence-electron chi connectivity index (χ0n) is 10.2. The van der Waals surface area contributed by atoms with Crippen LogP contribution in [0.3, 0.4) is 0 Å². The zero-order valence-corrected chi connectivity index (χ0v) is 10.2. The molecule has 0 saturated carbocycles. The third-order valence-corrected chi connectivity index (χ3v) is 2.59. The van der Waals surface area contributed by atoms with Gasteiger partial charge in [0.2, 0.25) is 5.91 Å². The van der Waals surface area contributed by atoms with Gasteiger partial charge in [-0.15, -0.1) is 0 Å². The second-order valence-corrected chi connectivity index (χ2v) is 3.95. The number of nitrogens with one attached hydrogen (secondary N) is 2. The molecule has 4 nitrogen and oxygen atoms in total. The lowest BCUT2D eigenvalue weighted by Crippen LogP contribution is -2.46. The third-order valence-electron chi connectivity index (χ3n) is 2.59. The van der Waals surface area contributed by atoms with E-state index in [9.17, 15) is 4.79 Å². The molecule has 15 heavy (non-hydrogen) atoms. The van der Waals surface area contributed by atoms with Gasteiger partial charge in [0, 0.05) is 13.1 Å². The van der Waals surface area contributed by atoms with E-state index in [-0.39, 0.29) is 17.9 Å². The summed E-state index contributed by atoms with van der Waals surface area (Å²) in [4.78, 5) is 11.5. The van der Waals surface area contributed by atoms with Crippen LogP contribution < -0.4 is 16.4 Å². The summed E-state index contributed by atoms with van der Waals surface area (Å²) in [7, 11) is 0. The standard InChI is InChI=1S/C11H25N3O/c1-4-6-13-7-8-14-11(15)10(12)9(3)5-2/h9-10,13H,4-8,12H2,1-3H3,(H,14,15). The molecule has 0 rings (SSSR count). The molecular weight excluding hydrogens is 190 g/mol. The summed E-state index contributed by atoms with van der Waals surface area (Å²) in [5, 5.41) is 6.05. The second kappa shape index (κ2) is 8.68. The van der Waals surface area contributed by atoms with Crippen LogP contribution in [0.25, 0.3) is 0 Å². The quantitative estimate of drug-likeness (QED) is 0.516. The summed E-state index contributed by atoms with van der Waals surface area (Å²) < 4.78 is 0. The van der Waals surface area contributed by atoms with Crippen molar-refractivity contribution in [1.82, 2.24) is 10.6 Å². The molecule has 1 amide bonds. The average molecular weight is 215 g/mol. The first-order chi connectivity index (χ1) is 7.13. The lowest BCUT2D eigenvalue weighted by molar-refractivity contribution is -0.123. The largest absolute Gasteiger partial charge is 0.353 e. The Bertz CT molecular complexity index is 173. The van der Waals surface area contributed by atoms with E-state index in [1.54, 1.807) is 0 Å². The zero-order chi connectivity index (χ0) is 11.7. The Morgan fingerprint density at radius 2 is 1.93 bits per heavy atom. The molecule has 2 atom stereocenters. The minimum atomic E-state index is -0.374. The van der Waals surface area contributed by atoms with Gasteiger partial charge in [0.25, 0.3) is 0 Å². The number of carbonyl (C=O) groups excluding carboxylic acids is 1. The molecule has 90 valence electrons. The minimum absolute atomic E-state index is 0.0392. The molecule has 2 unspecified atom stereocenters. The van der Waals surface area contributed by atoms with Gasteiger partial charge in [-0.2, -0.15) is 0 Å². The van der Waals surface area contributed by atoms with E-state index in [1.165, 1.54) is 0 Å². The first-order valence-electron chi connectivity index (χ1n) is 5.87. The molecule has 0 aromatic rings. The van der Waals surface area contributed by atoms with E-state index in [2.05, 4.69) is 17.6 Å². The van der Waals surface area contributed by atoms with Gasteiger partial charge in [-0.25, -0.2) is 0 Å². The smallest absolute Gasteiger partial charge is 0.237 e. The van der Waals surface area contributed by atoms with Crippen LogP contribution in [-0.4, -0.2) is 31.6 Å². The Morgan fingerprint density at radius 1 is 1.27 bits per heavy atom. The van der Waals surface area contributed by atoms with E-state index in [0.29, 0.717) is 6.54 Å². The average Bonchev–Trinajstić information content (AvgIpc) is 2.26. The van der Waals surface area contributed by atoms with Crippen molar-refractivity contribution >= 4 is 5.91 Å². The topological polar surface area (TPSA) is 67.1 Å². The maximum Gasteiger partial charge on any atom is 0.237 e. The molecule has 0 aromatic carbocycles. The SMILES string of the molecule is CCCNCCNC(=O)C(N)C(C)CC. The van der Waals surface area contributed by atoms with E-state index in [1.807, 2.05) is 13.8 Å². The number of nitrogens with two attached hydrogens (primary N) is 1. The highest BCUT2D eigenvalue weighted by molar-refractivity contribution is 5.81. The Kier molecular flexibility index (Phi) is 8.33. The van der Waals surface area contributed by atoms with Crippen LogP contribution in [0.4, 0.5) is 0 Å². The van der Waals surface area contributed by atoms with Crippen LogP contribution >= 0.6 is 0 Å². The second-order valence-electron chi connectivity index (χ2n) is 3.95. The maximum absolute atomic E-state index is 11.5. The fourth-order valence-corrected chi connectivity index (χ4v) is 1.21. The van der Waals surface area contributed by atoms with Gasteiger partial charge in [-0.3, -0.25) is 4.79 Å². The van der Waals surface area contributed by atoms with E-state index in [4.69, 9.17) is 5.73 Å². The van der Waals surface area contributed by atoms with E-state index >= 15 is 0 Å². The van der Waals surface area contributed by atoms with Crippen molar-refractivity contribution in [2.24, 2.45) is 11.7 Å². The fraction of sp³-hybridized carbons (Fsp3) is 0.909. The molecule has 4 heteroatoms. The van der Waals surface area contributed by atoms with Crippen molar-refractivity contribution in [2.45, 2.75) is 39.7 Å². The maximum atomic E-state index is 11.5. The third kappa shape index (κ3) is 6.47. The van der Waals surface area contributed by atoms with Crippen LogP contribution in [0.5, 0.6) is 0 Å². The molecule has 0 saturated heterocycles. The summed E-state index contributed by atoms with van der Waals surface area (Å²) in [6.07, 6.45) is 2.04. The Balaban J connectivity index is 3.56. The molecule has 0 aliphatic rings. The van der Waals surface area contributed by atoms with Gasteiger partial charge in [0.05, 0.1) is 6.04 Å². The van der Waals surface area contributed by atoms with Gasteiger partial charge < -0.3 is 16.4 Å². The molecule has 0 aliphatic carbocycles. The minimum Gasteiger partial charge on any atom is -0.353 e. The lowest BCUT2D eigenvalue weighted by Gasteiger charge is -2.17. The van der Waals surface area contributed by atoms with Crippen molar-refractivity contribution in [3.63, 3.8) is 0 Å². The van der Waals surface area contributed by atoms with Crippen molar-refractivity contribution in [2.75, 3.05) is 19.6 Å². The highest BCUT2D eigenvalue weighted by Gasteiger charge is 2.18. The molecule has 0 aliphatic heterocycles. The van der Waals surface area contributed by atoms with Crippen LogP contribution in [-0.2, 0) is 4.79 Å². The molecule has 0 radical (unpaired) electrons. The van der Waals surface area contributed by atoms with Gasteiger partial charge in [-0.1, -0.05) is 27.2 Å². The van der Waals surface area contributed by atoms with Gasteiger partial charge in [-0.05, 0) is 18.9 Å². The van der Waals surface area contributed by atoms with Gasteiger partial charge in [0.1, 0.15) is 0 Å². The summed E-state index contributed by atoms with van der Waals surface area (Å²) in [5.41, 5.74) is 5.78. The molecular formula is C11H25N3O. The molecule has 0 bridgehead atoms. The van der Waals surface area contributed by atoms with Crippen molar-refractivity contribution in [3.05, 3.63) is 0 Å². The predicted molar refractivity (Wildman–Crippen MR) is 63.6 cm³/mol. The van der Waals surface area contributed by atoms with Crippen molar-refractivity contribution in [1.29, 1.82) is 0 Å². The Hall–Kier alpha value is -0.610. The predicted octanol–water partition coefficient (Wildman–Crippen LogP) is 0.476. The summed E-state index contributed by atoms with van der Waals surface area (Å²) in [6, 6.07) is -0.374. The van der Waals surface area contributed by atoms with Crippen molar-refractivity contribution < 1.29 is 4.79 Å². The van der Waals surface area contributed by atoms with Crippen LogP contribution in [0.1, 0.15) is 33.6 Å². The Morgan fingerprint density at radius 3 is 2.47 bits per heavy atom. The van der Waals surface area contributed by atoms with E-state index in [0.717, 1.165) is 25.9 Å². The summed E-state index contributed by atoms with van der Waals surface area (Å²) >= 11 is 0. The number of carbonyl (C=O) groups is 1. The molecule has 0 fully saturated rings. The highest BCUT2D eigenvalue weighted by atomic mass is 16.2. The fourth-order valence-electron chi connectivity index (χ4n) is 1.21. The van der Waals surface area contributed by atoms with Gasteiger partial charge in [0.15, 0.2) is 0 Å². The van der Waals surface area contributed by atoms with Crippen LogP contribution in [0.2, 0.25) is 0 Å². The van der Waals surface area contributed by atoms with Crippen LogP contribution in [0.15, 0.2) is 0 Å². The lowest BCUT2D eigenvalue weighted by atomic mass is 9.99. The molecule has 0 spiro atoms.